The van der Waals surface area contributed by atoms with Crippen LogP contribution in [0.1, 0.15) is 15.9 Å². The zero-order valence-electron chi connectivity index (χ0n) is 13.9. The monoisotopic (exact) mass is 413 g/mol. The van der Waals surface area contributed by atoms with Crippen molar-refractivity contribution < 1.29 is 9.90 Å². The second-order valence-electron chi connectivity index (χ2n) is 5.75. The lowest BCUT2D eigenvalue weighted by molar-refractivity contribution is 0.0697. The molecule has 3 N–H and O–H groups in total. The van der Waals surface area contributed by atoms with E-state index in [0.29, 0.717) is 21.9 Å². The van der Waals surface area contributed by atoms with Crippen LogP contribution in [0.2, 0.25) is 0 Å². The number of aryl methyl sites for hydroxylation is 1. The van der Waals surface area contributed by atoms with E-state index in [-0.39, 0.29) is 11.1 Å². The van der Waals surface area contributed by atoms with Crippen molar-refractivity contribution in [3.63, 3.8) is 0 Å². The van der Waals surface area contributed by atoms with E-state index in [2.05, 4.69) is 32.9 Å². The van der Waals surface area contributed by atoms with Gasteiger partial charge in [-0.05, 0) is 48.9 Å². The molecule has 132 valence electrons. The summed E-state index contributed by atoms with van der Waals surface area (Å²) in [5.41, 5.74) is 2.18. The molecule has 1 heterocycles. The first-order valence-electron chi connectivity index (χ1n) is 7.73. The Morgan fingerprint density at radius 1 is 1.31 bits per heavy atom. The molecular weight excluding hydrogens is 398 g/mol. The van der Waals surface area contributed by atoms with Gasteiger partial charge in [0.25, 0.3) is 5.56 Å². The molecule has 0 saturated heterocycles. The number of H-pyrrole nitrogens is 1. The molecule has 7 heteroatoms. The SMILES string of the molecule is C=c1[nH]n(-c2ccc(Br)c(C)c2)c(=O)c1=CNc1cccc(C(=O)O)c1. The van der Waals surface area contributed by atoms with Crippen LogP contribution in [-0.2, 0) is 0 Å². The third-order valence-corrected chi connectivity index (χ3v) is 4.79. The number of hydrogen-bond acceptors (Lipinski definition) is 3. The summed E-state index contributed by atoms with van der Waals surface area (Å²) >= 11 is 3.44. The van der Waals surface area contributed by atoms with E-state index in [1.54, 1.807) is 12.1 Å². The zero-order valence-corrected chi connectivity index (χ0v) is 15.5. The highest BCUT2D eigenvalue weighted by molar-refractivity contribution is 9.10. The van der Waals surface area contributed by atoms with E-state index in [0.717, 1.165) is 10.0 Å². The molecule has 0 aliphatic heterocycles. The standard InChI is InChI=1S/C19H16BrN3O3/c1-11-8-15(6-7-17(11)20)23-18(24)16(12(2)22-23)10-21-14-5-3-4-13(9-14)19(25)26/h3-10,21-22H,2H2,1H3,(H,25,26). The van der Waals surface area contributed by atoms with Gasteiger partial charge in [-0.2, -0.15) is 0 Å². The number of carboxylic acids is 1. The summed E-state index contributed by atoms with van der Waals surface area (Å²) in [6.07, 6.45) is 1.52. The summed E-state index contributed by atoms with van der Waals surface area (Å²) in [5, 5.41) is 15.8. The number of aromatic amines is 1. The average molecular weight is 414 g/mol. The van der Waals surface area contributed by atoms with Gasteiger partial charge in [0.15, 0.2) is 0 Å². The van der Waals surface area contributed by atoms with Crippen molar-refractivity contribution in [2.45, 2.75) is 6.92 Å². The van der Waals surface area contributed by atoms with Gasteiger partial charge in [0.05, 0.1) is 21.8 Å². The normalized spacial score (nSPS) is 11.5. The third kappa shape index (κ3) is 3.48. The van der Waals surface area contributed by atoms with Crippen LogP contribution in [0.4, 0.5) is 5.69 Å². The highest BCUT2D eigenvalue weighted by Crippen LogP contribution is 2.18. The Balaban J connectivity index is 2.00. The van der Waals surface area contributed by atoms with Crippen LogP contribution in [0.25, 0.3) is 18.5 Å². The molecule has 0 atom stereocenters. The number of nitrogens with zero attached hydrogens (tertiary/aromatic N) is 1. The molecule has 0 spiro atoms. The number of anilines is 1. The molecule has 0 fully saturated rings. The molecule has 0 radical (unpaired) electrons. The van der Waals surface area contributed by atoms with Crippen molar-refractivity contribution in [2.75, 3.05) is 5.32 Å². The summed E-state index contributed by atoms with van der Waals surface area (Å²) in [4.78, 5) is 23.7. The summed E-state index contributed by atoms with van der Waals surface area (Å²) in [6.45, 7) is 5.82. The summed E-state index contributed by atoms with van der Waals surface area (Å²) in [5.74, 6) is -1.01. The average Bonchev–Trinajstić information content (AvgIpc) is 2.90. The van der Waals surface area contributed by atoms with Gasteiger partial charge in [0.1, 0.15) is 0 Å². The summed E-state index contributed by atoms with van der Waals surface area (Å²) in [6, 6.07) is 11.9. The summed E-state index contributed by atoms with van der Waals surface area (Å²) in [7, 11) is 0. The van der Waals surface area contributed by atoms with E-state index >= 15 is 0 Å². The summed E-state index contributed by atoms with van der Waals surface area (Å²) < 4.78 is 2.38. The molecular formula is C19H16BrN3O3. The fourth-order valence-electron chi connectivity index (χ4n) is 2.49. The number of carbonyl (C=O) groups is 1. The van der Waals surface area contributed by atoms with Crippen LogP contribution in [0, 0.1) is 6.92 Å². The Bertz CT molecular complexity index is 1160. The molecule has 0 unspecified atom stereocenters. The quantitative estimate of drug-likeness (QED) is 0.611. The number of carboxylic acid groups (broad SMARTS) is 1. The van der Waals surface area contributed by atoms with Gasteiger partial charge >= 0.3 is 5.97 Å². The van der Waals surface area contributed by atoms with E-state index in [4.69, 9.17) is 5.11 Å². The molecule has 26 heavy (non-hydrogen) atoms. The van der Waals surface area contributed by atoms with Crippen molar-refractivity contribution >= 4 is 40.4 Å². The molecule has 1 aromatic heterocycles. The Labute approximate surface area is 157 Å². The zero-order chi connectivity index (χ0) is 18.8. The molecule has 0 amide bonds. The van der Waals surface area contributed by atoms with Crippen molar-refractivity contribution in [3.05, 3.63) is 79.0 Å². The molecule has 0 bridgehead atoms. The van der Waals surface area contributed by atoms with E-state index in [9.17, 15) is 9.59 Å². The lowest BCUT2D eigenvalue weighted by atomic mass is 10.2. The van der Waals surface area contributed by atoms with Gasteiger partial charge in [0.2, 0.25) is 0 Å². The first kappa shape index (κ1) is 17.8. The lowest BCUT2D eigenvalue weighted by Gasteiger charge is -2.04. The lowest BCUT2D eigenvalue weighted by Crippen LogP contribution is -2.34. The van der Waals surface area contributed by atoms with Gasteiger partial charge in [0, 0.05) is 16.4 Å². The smallest absolute Gasteiger partial charge is 0.335 e. The fraction of sp³-hybridized carbons (Fsp3) is 0.0526. The number of hydrogen-bond donors (Lipinski definition) is 3. The topological polar surface area (TPSA) is 87.1 Å². The van der Waals surface area contributed by atoms with Crippen molar-refractivity contribution in [1.82, 2.24) is 9.78 Å². The van der Waals surface area contributed by atoms with Crippen LogP contribution >= 0.6 is 15.9 Å². The van der Waals surface area contributed by atoms with E-state index in [1.807, 2.05) is 25.1 Å². The van der Waals surface area contributed by atoms with Crippen LogP contribution < -0.4 is 21.4 Å². The highest BCUT2D eigenvalue weighted by atomic mass is 79.9. The van der Waals surface area contributed by atoms with Crippen LogP contribution in [0.5, 0.6) is 0 Å². The number of halogens is 1. The Morgan fingerprint density at radius 3 is 2.77 bits per heavy atom. The number of rotatable bonds is 4. The minimum absolute atomic E-state index is 0.162. The highest BCUT2D eigenvalue weighted by Gasteiger charge is 2.07. The number of aromatic carboxylic acids is 1. The number of benzene rings is 2. The molecule has 3 aromatic rings. The first-order valence-corrected chi connectivity index (χ1v) is 8.52. The predicted molar refractivity (Wildman–Crippen MR) is 105 cm³/mol. The molecule has 6 nitrogen and oxygen atoms in total. The number of aromatic nitrogens is 2. The van der Waals surface area contributed by atoms with Crippen LogP contribution in [0.3, 0.4) is 0 Å². The maximum Gasteiger partial charge on any atom is 0.335 e. The minimum atomic E-state index is -1.01. The van der Waals surface area contributed by atoms with Crippen LogP contribution in [-0.4, -0.2) is 20.9 Å². The maximum atomic E-state index is 12.7. The molecule has 0 saturated carbocycles. The molecule has 0 aliphatic carbocycles. The molecule has 2 aromatic carbocycles. The Hall–Kier alpha value is -3.06. The van der Waals surface area contributed by atoms with Crippen molar-refractivity contribution in [3.8, 4) is 5.69 Å². The van der Waals surface area contributed by atoms with E-state index < -0.39 is 5.97 Å². The maximum absolute atomic E-state index is 12.7. The predicted octanol–water partition coefficient (Wildman–Crippen LogP) is 2.20. The second-order valence-corrected chi connectivity index (χ2v) is 6.61. The number of nitrogens with one attached hydrogen (secondary N) is 2. The molecule has 3 rings (SSSR count). The minimum Gasteiger partial charge on any atom is -0.478 e. The Kier molecular flexibility index (Phi) is 4.81. The van der Waals surface area contributed by atoms with Crippen molar-refractivity contribution in [1.29, 1.82) is 0 Å². The molecule has 0 aliphatic rings. The van der Waals surface area contributed by atoms with Gasteiger partial charge in [-0.3, -0.25) is 9.89 Å². The van der Waals surface area contributed by atoms with Gasteiger partial charge in [-0.1, -0.05) is 28.6 Å². The van der Waals surface area contributed by atoms with Gasteiger partial charge < -0.3 is 10.4 Å². The van der Waals surface area contributed by atoms with E-state index in [1.165, 1.54) is 23.0 Å². The largest absolute Gasteiger partial charge is 0.478 e. The van der Waals surface area contributed by atoms with Crippen LogP contribution in [0.15, 0.2) is 51.7 Å². The third-order valence-electron chi connectivity index (χ3n) is 3.90. The van der Waals surface area contributed by atoms with Gasteiger partial charge in [-0.15, -0.1) is 0 Å². The fourth-order valence-corrected chi connectivity index (χ4v) is 2.74. The second kappa shape index (κ2) is 7.05. The Morgan fingerprint density at radius 2 is 2.08 bits per heavy atom. The first-order chi connectivity index (χ1) is 12.4. The van der Waals surface area contributed by atoms with Gasteiger partial charge in [-0.25, -0.2) is 9.48 Å². The van der Waals surface area contributed by atoms with Crippen molar-refractivity contribution in [2.24, 2.45) is 0 Å².